The molecule has 3 rings (SSSR count). The largest absolute Gasteiger partial charge is 0.334 e. The van der Waals surface area contributed by atoms with Gasteiger partial charge in [0.05, 0.1) is 6.54 Å². The topological polar surface area (TPSA) is 57.7 Å². The van der Waals surface area contributed by atoms with E-state index >= 15 is 0 Å². The lowest BCUT2D eigenvalue weighted by molar-refractivity contribution is -0.144. The Labute approximate surface area is 140 Å². The molecule has 1 heterocycles. The van der Waals surface area contributed by atoms with Gasteiger partial charge in [-0.2, -0.15) is 0 Å². The molecule has 2 aliphatic rings. The zero-order valence-electron chi connectivity index (χ0n) is 13.0. The van der Waals surface area contributed by atoms with Crippen LogP contribution in [0.25, 0.3) is 0 Å². The van der Waals surface area contributed by atoms with Crippen molar-refractivity contribution < 1.29 is 14.4 Å². The molecule has 122 valence electrons. The number of hydrogen-bond acceptors (Lipinski definition) is 3. The molecule has 2 atom stereocenters. The summed E-state index contributed by atoms with van der Waals surface area (Å²) in [6, 6.07) is 6.24. The smallest absolute Gasteiger partial charge is 0.263 e. The summed E-state index contributed by atoms with van der Waals surface area (Å²) in [5.41, 5.74) is 0.766. The van der Waals surface area contributed by atoms with Crippen molar-refractivity contribution in [1.82, 2.24) is 9.80 Å². The quantitative estimate of drug-likeness (QED) is 0.630. The Bertz CT molecular complexity index is 644. The Kier molecular flexibility index (Phi) is 4.39. The van der Waals surface area contributed by atoms with Crippen molar-refractivity contribution in [2.24, 2.45) is 5.92 Å². The highest BCUT2D eigenvalue weighted by atomic mass is 35.5. The highest BCUT2D eigenvalue weighted by molar-refractivity contribution is 6.44. The summed E-state index contributed by atoms with van der Waals surface area (Å²) < 4.78 is 0. The first-order chi connectivity index (χ1) is 11.0. The summed E-state index contributed by atoms with van der Waals surface area (Å²) in [5.74, 6) is -1.19. The van der Waals surface area contributed by atoms with Gasteiger partial charge in [-0.3, -0.25) is 19.4 Å². The van der Waals surface area contributed by atoms with Crippen LogP contribution in [0.4, 0.5) is 4.79 Å². The van der Waals surface area contributed by atoms with Crippen LogP contribution in [0.2, 0.25) is 5.02 Å². The van der Waals surface area contributed by atoms with E-state index in [-0.39, 0.29) is 18.5 Å². The molecule has 6 heteroatoms. The number of amides is 4. The van der Waals surface area contributed by atoms with Gasteiger partial charge < -0.3 is 0 Å². The van der Waals surface area contributed by atoms with Gasteiger partial charge in [0, 0.05) is 11.1 Å². The predicted molar refractivity (Wildman–Crippen MR) is 85.7 cm³/mol. The van der Waals surface area contributed by atoms with Crippen LogP contribution in [0.1, 0.15) is 38.2 Å². The second-order valence-electron chi connectivity index (χ2n) is 6.30. The van der Waals surface area contributed by atoms with Gasteiger partial charge in [-0.25, -0.2) is 4.79 Å². The number of carbonyl (C=O) groups is 3. The Morgan fingerprint density at radius 3 is 2.35 bits per heavy atom. The zero-order chi connectivity index (χ0) is 16.6. The van der Waals surface area contributed by atoms with Gasteiger partial charge in [-0.1, -0.05) is 43.5 Å². The van der Waals surface area contributed by atoms with Crippen LogP contribution >= 0.6 is 11.6 Å². The van der Waals surface area contributed by atoms with Crippen molar-refractivity contribution in [3.8, 4) is 0 Å². The van der Waals surface area contributed by atoms with Crippen LogP contribution in [0.15, 0.2) is 24.3 Å². The minimum atomic E-state index is -0.734. The molecule has 0 unspecified atom stereocenters. The van der Waals surface area contributed by atoms with Crippen molar-refractivity contribution in [3.05, 3.63) is 34.9 Å². The molecule has 1 aliphatic carbocycles. The lowest BCUT2D eigenvalue weighted by Crippen LogP contribution is -2.46. The Hall–Kier alpha value is -1.88. The minimum Gasteiger partial charge on any atom is -0.263 e. The molecule has 1 aliphatic heterocycles. The molecule has 0 aromatic heterocycles. The molecule has 0 spiro atoms. The summed E-state index contributed by atoms with van der Waals surface area (Å²) in [6.07, 6.45) is 3.85. The van der Waals surface area contributed by atoms with Crippen molar-refractivity contribution in [2.75, 3.05) is 0 Å². The fourth-order valence-electron chi connectivity index (χ4n) is 3.41. The molecule has 1 saturated carbocycles. The maximum atomic E-state index is 12.6. The van der Waals surface area contributed by atoms with Crippen molar-refractivity contribution >= 4 is 29.4 Å². The van der Waals surface area contributed by atoms with Crippen molar-refractivity contribution in [2.45, 2.75) is 45.2 Å². The average molecular weight is 335 g/mol. The predicted octanol–water partition coefficient (Wildman–Crippen LogP) is 3.21. The highest BCUT2D eigenvalue weighted by Gasteiger charge is 2.48. The molecule has 1 aromatic rings. The van der Waals surface area contributed by atoms with Crippen LogP contribution < -0.4 is 0 Å². The number of nitrogens with zero attached hydrogens (tertiary/aromatic N) is 2. The number of carbonyl (C=O) groups excluding carboxylic acids is 3. The Balaban J connectivity index is 1.80. The molecular weight excluding hydrogens is 316 g/mol. The van der Waals surface area contributed by atoms with Crippen LogP contribution in [0.3, 0.4) is 0 Å². The van der Waals surface area contributed by atoms with E-state index in [1.54, 1.807) is 24.3 Å². The molecule has 5 nitrogen and oxygen atoms in total. The number of urea groups is 1. The van der Waals surface area contributed by atoms with E-state index in [1.807, 2.05) is 6.92 Å². The van der Waals surface area contributed by atoms with Gasteiger partial charge >= 0.3 is 17.8 Å². The first-order valence-electron chi connectivity index (χ1n) is 7.92. The summed E-state index contributed by atoms with van der Waals surface area (Å²) in [5, 5.41) is 0.585. The number of halogens is 1. The van der Waals surface area contributed by atoms with Gasteiger partial charge in [0.1, 0.15) is 0 Å². The second-order valence-corrected chi connectivity index (χ2v) is 6.74. The zero-order valence-corrected chi connectivity index (χ0v) is 13.8. The SMILES string of the molecule is C[C@@H]1CCCC[C@H]1N1C(=O)C(=O)N(Cc2ccc(Cl)cc2)C1=O. The number of rotatable bonds is 3. The fourth-order valence-corrected chi connectivity index (χ4v) is 3.53. The fraction of sp³-hybridized carbons (Fsp3) is 0.471. The molecule has 4 amide bonds. The maximum absolute atomic E-state index is 12.6. The molecule has 1 aromatic carbocycles. The Morgan fingerprint density at radius 1 is 1.04 bits per heavy atom. The molecule has 2 fully saturated rings. The van der Waals surface area contributed by atoms with Gasteiger partial charge in [0.25, 0.3) is 0 Å². The Morgan fingerprint density at radius 2 is 1.70 bits per heavy atom. The standard InChI is InChI=1S/C17H19ClN2O3/c1-11-4-2-3-5-14(11)20-16(22)15(21)19(17(20)23)10-12-6-8-13(18)9-7-12/h6-9,11,14H,2-5,10H2,1H3/t11-,14-/m1/s1. The normalized spacial score (nSPS) is 25.4. The van der Waals surface area contributed by atoms with Crippen LogP contribution in [0, 0.1) is 5.92 Å². The molecule has 1 saturated heterocycles. The van der Waals surface area contributed by atoms with E-state index in [0.717, 1.165) is 36.1 Å². The van der Waals surface area contributed by atoms with Gasteiger partial charge in [-0.15, -0.1) is 0 Å². The van der Waals surface area contributed by atoms with E-state index in [9.17, 15) is 14.4 Å². The van der Waals surface area contributed by atoms with E-state index < -0.39 is 17.8 Å². The van der Waals surface area contributed by atoms with Crippen LogP contribution in [-0.2, 0) is 16.1 Å². The van der Waals surface area contributed by atoms with Crippen LogP contribution in [-0.4, -0.2) is 33.7 Å². The summed E-state index contributed by atoms with van der Waals surface area (Å²) in [6.45, 7) is 2.13. The number of imide groups is 2. The number of benzene rings is 1. The maximum Gasteiger partial charge on any atom is 0.334 e. The molecule has 0 N–H and O–H groups in total. The first kappa shape index (κ1) is 16.0. The third-order valence-electron chi connectivity index (χ3n) is 4.74. The lowest BCUT2D eigenvalue weighted by Gasteiger charge is -2.34. The number of hydrogen-bond donors (Lipinski definition) is 0. The molecule has 23 heavy (non-hydrogen) atoms. The van der Waals surface area contributed by atoms with Gasteiger partial charge in [0.15, 0.2) is 0 Å². The van der Waals surface area contributed by atoms with Crippen molar-refractivity contribution in [1.29, 1.82) is 0 Å². The summed E-state index contributed by atoms with van der Waals surface area (Å²) in [7, 11) is 0. The highest BCUT2D eigenvalue weighted by Crippen LogP contribution is 2.31. The lowest BCUT2D eigenvalue weighted by atomic mass is 9.85. The van der Waals surface area contributed by atoms with Gasteiger partial charge in [-0.05, 0) is 36.5 Å². The summed E-state index contributed by atoms with van der Waals surface area (Å²) >= 11 is 5.84. The van der Waals surface area contributed by atoms with Crippen molar-refractivity contribution in [3.63, 3.8) is 0 Å². The van der Waals surface area contributed by atoms with E-state index in [0.29, 0.717) is 5.02 Å². The molecular formula is C17H19ClN2O3. The monoisotopic (exact) mass is 334 g/mol. The van der Waals surface area contributed by atoms with Crippen LogP contribution in [0.5, 0.6) is 0 Å². The minimum absolute atomic E-state index is 0.0954. The third-order valence-corrected chi connectivity index (χ3v) is 4.99. The molecule has 0 bridgehead atoms. The summed E-state index contributed by atoms with van der Waals surface area (Å²) in [4.78, 5) is 39.4. The molecule has 0 radical (unpaired) electrons. The van der Waals surface area contributed by atoms with E-state index in [1.165, 1.54) is 4.90 Å². The third kappa shape index (κ3) is 2.98. The average Bonchev–Trinajstić information content (AvgIpc) is 2.74. The van der Waals surface area contributed by atoms with E-state index in [4.69, 9.17) is 11.6 Å². The second kappa shape index (κ2) is 6.32. The van der Waals surface area contributed by atoms with Gasteiger partial charge in [0.2, 0.25) is 0 Å². The first-order valence-corrected chi connectivity index (χ1v) is 8.30. The van der Waals surface area contributed by atoms with E-state index in [2.05, 4.69) is 0 Å².